The number of nitro groups is 1. The molecule has 0 aromatic rings. The van der Waals surface area contributed by atoms with Crippen LogP contribution in [0.3, 0.4) is 0 Å². The molecule has 0 saturated carbocycles. The number of alkyl halides is 1. The Hall–Kier alpha value is -0.200. The molecule has 5 nitrogen and oxygen atoms in total. The topological polar surface area (TPSA) is 61.6 Å². The van der Waals surface area contributed by atoms with Crippen molar-refractivity contribution >= 4 is 15.9 Å². The van der Waals surface area contributed by atoms with E-state index in [0.717, 1.165) is 0 Å². The molecule has 12 heavy (non-hydrogen) atoms. The average molecular weight is 240 g/mol. The van der Waals surface area contributed by atoms with Crippen molar-refractivity contribution in [2.24, 2.45) is 0 Å². The lowest BCUT2D eigenvalue weighted by atomic mass is 10.3. The Labute approximate surface area is 78.3 Å². The molecule has 0 aromatic heterocycles. The van der Waals surface area contributed by atoms with E-state index in [2.05, 4.69) is 15.9 Å². The summed E-state index contributed by atoms with van der Waals surface area (Å²) < 4.78 is 8.99. The van der Waals surface area contributed by atoms with Crippen molar-refractivity contribution < 1.29 is 14.4 Å². The van der Waals surface area contributed by atoms with Gasteiger partial charge in [-0.2, -0.15) is 0 Å². The zero-order valence-electron chi connectivity index (χ0n) is 6.87. The summed E-state index contributed by atoms with van der Waals surface area (Å²) in [5.74, 6) is -0.715. The lowest BCUT2D eigenvalue weighted by molar-refractivity contribution is -0.561. The number of nitrogens with zero attached hydrogens (tertiary/aromatic N) is 1. The van der Waals surface area contributed by atoms with Crippen LogP contribution in [0, 0.1) is 10.1 Å². The molecule has 0 N–H and O–H groups in total. The van der Waals surface area contributed by atoms with Gasteiger partial charge in [0, 0.05) is 20.9 Å². The molecule has 0 amide bonds. The second-order valence-corrected chi connectivity index (χ2v) is 4.63. The molecule has 1 aliphatic heterocycles. The summed E-state index contributed by atoms with van der Waals surface area (Å²) >= 11 is 2.96. The van der Waals surface area contributed by atoms with Crippen LogP contribution < -0.4 is 0 Å². The lowest BCUT2D eigenvalue weighted by Crippen LogP contribution is -2.51. The van der Waals surface area contributed by atoms with Gasteiger partial charge in [0.25, 0.3) is 0 Å². The summed E-state index contributed by atoms with van der Waals surface area (Å²) in [6.07, 6.45) is 0. The minimum absolute atomic E-state index is 0.0208. The molecule has 0 aromatic carbocycles. The first-order valence-electron chi connectivity index (χ1n) is 3.47. The van der Waals surface area contributed by atoms with Crippen LogP contribution in [-0.4, -0.2) is 28.4 Å². The molecule has 1 heterocycles. The van der Waals surface area contributed by atoms with E-state index in [1.807, 2.05) is 0 Å². The first-order chi connectivity index (χ1) is 5.36. The predicted molar refractivity (Wildman–Crippen MR) is 44.6 cm³/mol. The lowest BCUT2D eigenvalue weighted by Gasteiger charge is -2.34. The van der Waals surface area contributed by atoms with Gasteiger partial charge >= 0.3 is 4.45 Å². The van der Waals surface area contributed by atoms with Crippen LogP contribution in [0.2, 0.25) is 0 Å². The molecular weight excluding hydrogens is 230 g/mol. The predicted octanol–water partition coefficient (Wildman–Crippen LogP) is 1.14. The number of rotatable bonds is 1. The first-order valence-corrected chi connectivity index (χ1v) is 4.26. The highest BCUT2D eigenvalue weighted by Crippen LogP contribution is 2.29. The molecule has 1 rings (SSSR count). The Balaban J connectivity index is 2.62. The van der Waals surface area contributed by atoms with Crippen molar-refractivity contribution in [3.8, 4) is 0 Å². The minimum Gasteiger partial charge on any atom is -0.342 e. The largest absolute Gasteiger partial charge is 0.342 e. The molecule has 1 fully saturated rings. The fourth-order valence-corrected chi connectivity index (χ4v) is 0.986. The van der Waals surface area contributed by atoms with E-state index < -0.39 is 15.2 Å². The fraction of sp³-hybridized carbons (Fsp3) is 1.00. The minimum atomic E-state index is -1.28. The average Bonchev–Trinajstić information content (AvgIpc) is 1.96. The Bertz CT molecular complexity index is 196. The monoisotopic (exact) mass is 239 g/mol. The van der Waals surface area contributed by atoms with Crippen LogP contribution in [0.5, 0.6) is 0 Å². The van der Waals surface area contributed by atoms with Gasteiger partial charge in [0.2, 0.25) is 0 Å². The van der Waals surface area contributed by atoms with E-state index in [9.17, 15) is 10.1 Å². The van der Waals surface area contributed by atoms with E-state index >= 15 is 0 Å². The molecule has 0 radical (unpaired) electrons. The van der Waals surface area contributed by atoms with Gasteiger partial charge in [0.1, 0.15) is 13.2 Å². The number of hydrogen-bond donors (Lipinski definition) is 0. The summed E-state index contributed by atoms with van der Waals surface area (Å²) in [5.41, 5.74) is 0. The van der Waals surface area contributed by atoms with E-state index in [1.165, 1.54) is 0 Å². The van der Waals surface area contributed by atoms with E-state index in [-0.39, 0.29) is 13.2 Å². The quantitative estimate of drug-likeness (QED) is 0.298. The van der Waals surface area contributed by atoms with Crippen LogP contribution in [-0.2, 0) is 9.47 Å². The maximum Gasteiger partial charge on any atom is 0.320 e. The van der Waals surface area contributed by atoms with Crippen LogP contribution >= 0.6 is 15.9 Å². The number of hydrogen-bond acceptors (Lipinski definition) is 4. The van der Waals surface area contributed by atoms with Crippen molar-refractivity contribution in [2.75, 3.05) is 13.2 Å². The van der Waals surface area contributed by atoms with Gasteiger partial charge in [0.15, 0.2) is 5.79 Å². The van der Waals surface area contributed by atoms with Crippen molar-refractivity contribution in [1.82, 2.24) is 0 Å². The summed E-state index contributed by atoms with van der Waals surface area (Å²) in [5, 5.41) is 10.5. The zero-order chi connectivity index (χ0) is 9.41. The maximum absolute atomic E-state index is 10.5. The Kier molecular flexibility index (Phi) is 2.42. The molecule has 0 aliphatic carbocycles. The van der Waals surface area contributed by atoms with Crippen molar-refractivity contribution in [1.29, 1.82) is 0 Å². The standard InChI is InChI=1S/C6H10BrNO4/c1-5(2)11-3-6(7,4-12-5)8(9)10/h3-4H2,1-2H3. The molecule has 70 valence electrons. The van der Waals surface area contributed by atoms with Gasteiger partial charge in [-0.1, -0.05) is 0 Å². The number of halogens is 1. The van der Waals surface area contributed by atoms with Crippen molar-refractivity contribution in [3.05, 3.63) is 10.1 Å². The Morgan fingerprint density at radius 3 is 2.17 bits per heavy atom. The SMILES string of the molecule is CC1(C)OCC(Br)([N+](=O)[O-])CO1. The van der Waals surface area contributed by atoms with Crippen molar-refractivity contribution in [2.45, 2.75) is 24.1 Å². The molecule has 0 unspecified atom stereocenters. The zero-order valence-corrected chi connectivity index (χ0v) is 8.46. The van der Waals surface area contributed by atoms with Crippen LogP contribution in [0.25, 0.3) is 0 Å². The van der Waals surface area contributed by atoms with Gasteiger partial charge < -0.3 is 9.47 Å². The Morgan fingerprint density at radius 2 is 1.83 bits per heavy atom. The fourth-order valence-electron chi connectivity index (χ4n) is 0.758. The van der Waals surface area contributed by atoms with Gasteiger partial charge in [-0.25, -0.2) is 0 Å². The van der Waals surface area contributed by atoms with E-state index in [1.54, 1.807) is 13.8 Å². The third-order valence-electron chi connectivity index (χ3n) is 1.61. The summed E-state index contributed by atoms with van der Waals surface area (Å²) in [4.78, 5) is 10.0. The molecule has 0 bridgehead atoms. The highest BCUT2D eigenvalue weighted by Gasteiger charge is 2.47. The molecule has 0 spiro atoms. The molecule has 0 atom stereocenters. The third kappa shape index (κ3) is 1.94. The highest BCUT2D eigenvalue weighted by atomic mass is 79.9. The smallest absolute Gasteiger partial charge is 0.320 e. The Morgan fingerprint density at radius 1 is 1.42 bits per heavy atom. The first kappa shape index (κ1) is 9.88. The second kappa shape index (κ2) is 2.93. The van der Waals surface area contributed by atoms with E-state index in [0.29, 0.717) is 0 Å². The summed E-state index contributed by atoms with van der Waals surface area (Å²) in [7, 11) is 0. The van der Waals surface area contributed by atoms with Crippen LogP contribution in [0.1, 0.15) is 13.8 Å². The number of ether oxygens (including phenoxy) is 2. The van der Waals surface area contributed by atoms with Gasteiger partial charge in [-0.3, -0.25) is 10.1 Å². The van der Waals surface area contributed by atoms with Gasteiger partial charge in [0.05, 0.1) is 0 Å². The van der Waals surface area contributed by atoms with Crippen LogP contribution in [0.4, 0.5) is 0 Å². The van der Waals surface area contributed by atoms with Crippen molar-refractivity contribution in [3.63, 3.8) is 0 Å². The summed E-state index contributed by atoms with van der Waals surface area (Å²) in [6, 6.07) is 0. The third-order valence-corrected chi connectivity index (χ3v) is 2.36. The van der Waals surface area contributed by atoms with Gasteiger partial charge in [-0.05, 0) is 13.8 Å². The second-order valence-electron chi connectivity index (χ2n) is 3.15. The molecule has 1 saturated heterocycles. The van der Waals surface area contributed by atoms with Gasteiger partial charge in [-0.15, -0.1) is 0 Å². The molecule has 6 heteroatoms. The maximum atomic E-state index is 10.5. The van der Waals surface area contributed by atoms with E-state index in [4.69, 9.17) is 9.47 Å². The normalized spacial score (nSPS) is 26.6. The van der Waals surface area contributed by atoms with Crippen LogP contribution in [0.15, 0.2) is 0 Å². The summed E-state index contributed by atoms with van der Waals surface area (Å²) in [6.45, 7) is 3.49. The molecular formula is C6H10BrNO4. The molecule has 1 aliphatic rings. The highest BCUT2D eigenvalue weighted by molar-refractivity contribution is 9.10.